The summed E-state index contributed by atoms with van der Waals surface area (Å²) in [4.78, 5) is 9.35. The zero-order chi connectivity index (χ0) is 18.1. The second-order valence-corrected chi connectivity index (χ2v) is 8.01. The number of aromatic hydroxyl groups is 1. The molecule has 1 N–H and O–H groups in total. The van der Waals surface area contributed by atoms with E-state index < -0.39 is 0 Å². The highest BCUT2D eigenvalue weighted by atomic mass is 32.1. The molecule has 2 aromatic heterocycles. The van der Waals surface area contributed by atoms with Gasteiger partial charge in [0.15, 0.2) is 11.5 Å². The summed E-state index contributed by atoms with van der Waals surface area (Å²) in [5, 5.41) is 10.5. The molecule has 1 aliphatic rings. The quantitative estimate of drug-likeness (QED) is 0.740. The molecule has 0 fully saturated rings. The number of aryl methyl sites for hydroxylation is 2. The van der Waals surface area contributed by atoms with Crippen molar-refractivity contribution in [2.75, 3.05) is 13.2 Å². The van der Waals surface area contributed by atoms with E-state index in [2.05, 4.69) is 41.1 Å². The maximum atomic E-state index is 10.5. The van der Waals surface area contributed by atoms with E-state index in [4.69, 9.17) is 4.74 Å². The highest BCUT2D eigenvalue weighted by molar-refractivity contribution is 7.15. The Balaban J connectivity index is 1.63. The summed E-state index contributed by atoms with van der Waals surface area (Å²) in [6, 6.07) is 14.3. The summed E-state index contributed by atoms with van der Waals surface area (Å²) < 4.78 is 5.86. The van der Waals surface area contributed by atoms with Crippen molar-refractivity contribution in [3.05, 3.63) is 64.3 Å². The number of ether oxygens (including phenoxy) is 1. The predicted octanol–water partition coefficient (Wildman–Crippen LogP) is 4.53. The Morgan fingerprint density at radius 2 is 2.08 bits per heavy atom. The Hall–Kier alpha value is -2.37. The monoisotopic (exact) mass is 366 g/mol. The lowest BCUT2D eigenvalue weighted by Gasteiger charge is -2.19. The lowest BCUT2D eigenvalue weighted by atomic mass is 10.1. The van der Waals surface area contributed by atoms with Crippen LogP contribution < -0.4 is 4.74 Å². The molecule has 1 aliphatic heterocycles. The van der Waals surface area contributed by atoms with E-state index in [-0.39, 0.29) is 5.75 Å². The molecule has 0 amide bonds. The molecule has 3 aromatic rings. The van der Waals surface area contributed by atoms with Crippen LogP contribution in [0.4, 0.5) is 0 Å². The summed E-state index contributed by atoms with van der Waals surface area (Å²) in [7, 11) is 0. The fraction of sp³-hybridized carbons (Fsp3) is 0.286. The average molecular weight is 366 g/mol. The van der Waals surface area contributed by atoms with Crippen molar-refractivity contribution in [2.45, 2.75) is 26.9 Å². The van der Waals surface area contributed by atoms with Gasteiger partial charge in [-0.3, -0.25) is 9.88 Å². The standard InChI is InChI=1S/C21H22N2O2S/c1-14-4-3-5-18(22-14)13-23-8-9-25-21-17(12-23)10-16(11-19(21)24)20-7-6-15(2)26-20/h3-7,10-11,24H,8-9,12-13H2,1-2H3. The van der Waals surface area contributed by atoms with E-state index in [0.29, 0.717) is 12.4 Å². The molecule has 0 bridgehead atoms. The first-order valence-corrected chi connectivity index (χ1v) is 9.60. The van der Waals surface area contributed by atoms with Gasteiger partial charge in [0.25, 0.3) is 0 Å². The number of benzene rings is 1. The second kappa shape index (κ2) is 7.09. The number of phenolic OH excluding ortho intramolecular Hbond substituents is 1. The number of hydrogen-bond donors (Lipinski definition) is 1. The molecule has 26 heavy (non-hydrogen) atoms. The van der Waals surface area contributed by atoms with Crippen LogP contribution in [-0.2, 0) is 13.1 Å². The Bertz CT molecular complexity index is 936. The molecule has 4 rings (SSSR count). The molecule has 134 valence electrons. The maximum Gasteiger partial charge on any atom is 0.165 e. The normalized spacial score (nSPS) is 14.5. The SMILES string of the molecule is Cc1cccc(CN2CCOc3c(O)cc(-c4ccc(C)s4)cc3C2)n1. The van der Waals surface area contributed by atoms with Gasteiger partial charge in [-0.2, -0.15) is 0 Å². The van der Waals surface area contributed by atoms with Crippen LogP contribution in [0.2, 0.25) is 0 Å². The Kier molecular flexibility index (Phi) is 4.66. The molecular formula is C21H22N2O2S. The number of hydrogen-bond acceptors (Lipinski definition) is 5. The summed E-state index contributed by atoms with van der Waals surface area (Å²) in [6.07, 6.45) is 0. The molecule has 0 spiro atoms. The third-order valence-electron chi connectivity index (χ3n) is 4.55. The van der Waals surface area contributed by atoms with Crippen LogP contribution in [0, 0.1) is 13.8 Å². The summed E-state index contributed by atoms with van der Waals surface area (Å²) in [5.41, 5.74) is 4.15. The fourth-order valence-corrected chi connectivity index (χ4v) is 4.19. The van der Waals surface area contributed by atoms with Crippen molar-refractivity contribution < 1.29 is 9.84 Å². The number of thiophene rings is 1. The summed E-state index contributed by atoms with van der Waals surface area (Å²) in [6.45, 7) is 6.97. The predicted molar refractivity (Wildman–Crippen MR) is 105 cm³/mol. The molecular weight excluding hydrogens is 344 g/mol. The number of pyridine rings is 1. The zero-order valence-corrected chi connectivity index (χ0v) is 15.8. The highest BCUT2D eigenvalue weighted by Crippen LogP contribution is 2.39. The second-order valence-electron chi connectivity index (χ2n) is 6.72. The Morgan fingerprint density at radius 3 is 2.85 bits per heavy atom. The van der Waals surface area contributed by atoms with E-state index in [1.165, 1.54) is 4.88 Å². The Labute approximate surface area is 157 Å². The van der Waals surface area contributed by atoms with Crippen LogP contribution >= 0.6 is 11.3 Å². The van der Waals surface area contributed by atoms with Crippen molar-refractivity contribution in [1.29, 1.82) is 0 Å². The van der Waals surface area contributed by atoms with Crippen molar-refractivity contribution in [3.8, 4) is 21.9 Å². The van der Waals surface area contributed by atoms with Crippen LogP contribution in [0.3, 0.4) is 0 Å². The Morgan fingerprint density at radius 1 is 1.19 bits per heavy atom. The van der Waals surface area contributed by atoms with Crippen LogP contribution in [0.1, 0.15) is 21.8 Å². The van der Waals surface area contributed by atoms with Gasteiger partial charge in [-0.25, -0.2) is 0 Å². The number of fused-ring (bicyclic) bond motifs is 1. The molecule has 0 aliphatic carbocycles. The maximum absolute atomic E-state index is 10.5. The van der Waals surface area contributed by atoms with Crippen molar-refractivity contribution in [1.82, 2.24) is 9.88 Å². The summed E-state index contributed by atoms with van der Waals surface area (Å²) in [5.74, 6) is 0.834. The van der Waals surface area contributed by atoms with Crippen LogP contribution in [0.5, 0.6) is 11.5 Å². The number of aromatic nitrogens is 1. The summed E-state index contributed by atoms with van der Waals surface area (Å²) >= 11 is 1.73. The molecule has 0 atom stereocenters. The molecule has 5 heteroatoms. The van der Waals surface area contributed by atoms with Gasteiger partial charge in [-0.05, 0) is 55.8 Å². The van der Waals surface area contributed by atoms with Gasteiger partial charge in [-0.15, -0.1) is 11.3 Å². The minimum absolute atomic E-state index is 0.221. The van der Waals surface area contributed by atoms with Gasteiger partial charge in [0.1, 0.15) is 6.61 Å². The van der Waals surface area contributed by atoms with E-state index in [9.17, 15) is 5.11 Å². The average Bonchev–Trinajstić information content (AvgIpc) is 2.92. The van der Waals surface area contributed by atoms with Crippen molar-refractivity contribution >= 4 is 11.3 Å². The van der Waals surface area contributed by atoms with E-state index in [1.54, 1.807) is 11.3 Å². The van der Waals surface area contributed by atoms with Crippen LogP contribution in [-0.4, -0.2) is 28.1 Å². The van der Waals surface area contributed by atoms with Gasteiger partial charge >= 0.3 is 0 Å². The van der Waals surface area contributed by atoms with Gasteiger partial charge in [-0.1, -0.05) is 6.07 Å². The number of phenols is 1. The first-order valence-electron chi connectivity index (χ1n) is 8.79. The van der Waals surface area contributed by atoms with Crippen molar-refractivity contribution in [3.63, 3.8) is 0 Å². The number of rotatable bonds is 3. The fourth-order valence-electron chi connectivity index (χ4n) is 3.34. The van der Waals surface area contributed by atoms with Crippen LogP contribution in [0.15, 0.2) is 42.5 Å². The van der Waals surface area contributed by atoms with Gasteiger partial charge in [0, 0.05) is 40.6 Å². The van der Waals surface area contributed by atoms with Crippen LogP contribution in [0.25, 0.3) is 10.4 Å². The molecule has 3 heterocycles. The third-order valence-corrected chi connectivity index (χ3v) is 5.60. The van der Waals surface area contributed by atoms with Gasteiger partial charge < -0.3 is 9.84 Å². The number of nitrogens with zero attached hydrogens (tertiary/aromatic N) is 2. The van der Waals surface area contributed by atoms with Gasteiger partial charge in [0.2, 0.25) is 0 Å². The minimum atomic E-state index is 0.221. The first-order chi connectivity index (χ1) is 12.6. The minimum Gasteiger partial charge on any atom is -0.504 e. The smallest absolute Gasteiger partial charge is 0.165 e. The van der Waals surface area contributed by atoms with E-state index in [0.717, 1.165) is 47.0 Å². The lowest BCUT2D eigenvalue weighted by Crippen LogP contribution is -2.25. The molecule has 0 saturated heterocycles. The third kappa shape index (κ3) is 3.59. The largest absolute Gasteiger partial charge is 0.504 e. The molecule has 0 unspecified atom stereocenters. The molecule has 4 nitrogen and oxygen atoms in total. The topological polar surface area (TPSA) is 45.6 Å². The first kappa shape index (κ1) is 17.1. The van der Waals surface area contributed by atoms with Gasteiger partial charge in [0.05, 0.1) is 5.69 Å². The van der Waals surface area contributed by atoms with E-state index in [1.807, 2.05) is 25.1 Å². The highest BCUT2D eigenvalue weighted by Gasteiger charge is 2.20. The molecule has 1 aromatic carbocycles. The molecule has 0 radical (unpaired) electrons. The zero-order valence-electron chi connectivity index (χ0n) is 15.0. The van der Waals surface area contributed by atoms with Crippen molar-refractivity contribution in [2.24, 2.45) is 0 Å². The lowest BCUT2D eigenvalue weighted by molar-refractivity contribution is 0.215. The molecule has 0 saturated carbocycles. The van der Waals surface area contributed by atoms with E-state index >= 15 is 0 Å².